The van der Waals surface area contributed by atoms with Crippen molar-refractivity contribution in [3.05, 3.63) is 0 Å². The summed E-state index contributed by atoms with van der Waals surface area (Å²) in [6.07, 6.45) is 0. The summed E-state index contributed by atoms with van der Waals surface area (Å²) < 4.78 is 22.8. The Balaban J connectivity index is 4.17. The summed E-state index contributed by atoms with van der Waals surface area (Å²) in [4.78, 5) is 0. The zero-order valence-corrected chi connectivity index (χ0v) is 6.29. The first-order valence-corrected chi connectivity index (χ1v) is 3.92. The van der Waals surface area contributed by atoms with Gasteiger partial charge < -0.3 is 0 Å². The van der Waals surface area contributed by atoms with E-state index in [0.29, 0.717) is 0 Å². The van der Waals surface area contributed by atoms with Gasteiger partial charge in [0.1, 0.15) is 0 Å². The van der Waals surface area contributed by atoms with Crippen molar-refractivity contribution in [1.29, 1.82) is 0 Å². The van der Waals surface area contributed by atoms with Crippen LogP contribution in [0.3, 0.4) is 0 Å². The molecule has 0 aromatic carbocycles. The second-order valence-corrected chi connectivity index (χ2v) is 4.32. The van der Waals surface area contributed by atoms with Gasteiger partial charge in [0.05, 0.1) is 7.11 Å². The van der Waals surface area contributed by atoms with E-state index in [1.807, 2.05) is 0 Å². The monoisotopic (exact) mass is 178 g/mol. The first kappa shape index (κ1) is 8.49. The molecule has 0 heterocycles. The summed E-state index contributed by atoms with van der Waals surface area (Å²) in [5.41, 5.74) is 0. The van der Waals surface area contributed by atoms with Crippen LogP contribution in [0.4, 0.5) is 0 Å². The minimum atomic E-state index is -3.71. The minimum Gasteiger partial charge on any atom is -0.271 e. The molecule has 0 aliphatic rings. The molecule has 3 nitrogen and oxygen atoms in total. The highest BCUT2D eigenvalue weighted by molar-refractivity contribution is 7.90. The topological polar surface area (TPSA) is 43.4 Å². The number of alkyl halides is 2. The van der Waals surface area contributed by atoms with Crippen LogP contribution in [0, 0.1) is 0 Å². The van der Waals surface area contributed by atoms with Gasteiger partial charge in [-0.3, -0.25) is 4.18 Å². The van der Waals surface area contributed by atoms with E-state index >= 15 is 0 Å². The number of hydrogen-bond acceptors (Lipinski definition) is 3. The average molecular weight is 179 g/mol. The van der Waals surface area contributed by atoms with E-state index in [0.717, 1.165) is 7.11 Å². The molecule has 0 N–H and O–H groups in total. The van der Waals surface area contributed by atoms with E-state index < -0.39 is 14.3 Å². The van der Waals surface area contributed by atoms with Crippen molar-refractivity contribution >= 4 is 33.3 Å². The molecule has 50 valence electrons. The van der Waals surface area contributed by atoms with Gasteiger partial charge in [0.15, 0.2) is 0 Å². The van der Waals surface area contributed by atoms with Crippen molar-refractivity contribution in [2.24, 2.45) is 0 Å². The van der Waals surface area contributed by atoms with Crippen LogP contribution in [0.1, 0.15) is 0 Å². The maximum atomic E-state index is 10.2. The Hall–Kier alpha value is 0.490. The molecule has 0 saturated carbocycles. The maximum Gasteiger partial charge on any atom is 0.298 e. The van der Waals surface area contributed by atoms with Gasteiger partial charge in [0.2, 0.25) is 4.17 Å². The van der Waals surface area contributed by atoms with E-state index in [9.17, 15) is 8.42 Å². The molecule has 0 atom stereocenters. The Bertz CT molecular complexity index is 149. The van der Waals surface area contributed by atoms with Crippen LogP contribution < -0.4 is 0 Å². The first-order valence-electron chi connectivity index (χ1n) is 1.58. The zero-order valence-electron chi connectivity index (χ0n) is 3.97. The standard InChI is InChI=1S/C2H4Cl2O3S/c1-7-8(5,6)2(3)4/h2H,1H3. The van der Waals surface area contributed by atoms with Gasteiger partial charge in [-0.05, 0) is 0 Å². The largest absolute Gasteiger partial charge is 0.298 e. The van der Waals surface area contributed by atoms with Crippen LogP contribution in [0.15, 0.2) is 0 Å². The van der Waals surface area contributed by atoms with Crippen molar-refractivity contribution in [2.45, 2.75) is 4.17 Å². The molecular weight excluding hydrogens is 175 g/mol. The van der Waals surface area contributed by atoms with Crippen LogP contribution in [0.5, 0.6) is 0 Å². The summed E-state index contributed by atoms with van der Waals surface area (Å²) in [5.74, 6) is 0. The van der Waals surface area contributed by atoms with Gasteiger partial charge in [-0.25, -0.2) is 0 Å². The summed E-state index contributed by atoms with van der Waals surface area (Å²) in [7, 11) is -2.71. The predicted octanol–water partition coefficient (Wildman–Crippen LogP) is 0.724. The van der Waals surface area contributed by atoms with Gasteiger partial charge in [-0.15, -0.1) is 0 Å². The molecule has 0 saturated heterocycles. The lowest BCUT2D eigenvalue weighted by atomic mass is 11.8. The molecule has 0 aromatic heterocycles. The molecule has 0 radical (unpaired) electrons. The molecule has 6 heteroatoms. The van der Waals surface area contributed by atoms with Crippen LogP contribution in [-0.4, -0.2) is 19.7 Å². The third kappa shape index (κ3) is 2.17. The Kier molecular flexibility index (Phi) is 3.04. The first-order chi connectivity index (χ1) is 3.50. The van der Waals surface area contributed by atoms with Crippen molar-refractivity contribution in [3.63, 3.8) is 0 Å². The van der Waals surface area contributed by atoms with E-state index in [-0.39, 0.29) is 0 Å². The molecule has 0 bridgehead atoms. The third-order valence-electron chi connectivity index (χ3n) is 0.451. The SMILES string of the molecule is COS(=O)(=O)C(Cl)Cl. The predicted molar refractivity (Wildman–Crippen MR) is 31.4 cm³/mol. The molecule has 0 aliphatic carbocycles. The lowest BCUT2D eigenvalue weighted by molar-refractivity contribution is 0.400. The molecule has 8 heavy (non-hydrogen) atoms. The summed E-state index contributed by atoms with van der Waals surface area (Å²) in [5, 5.41) is 0. The highest BCUT2D eigenvalue weighted by Crippen LogP contribution is 2.11. The Labute approximate surface area is 57.7 Å². The van der Waals surface area contributed by atoms with E-state index in [1.54, 1.807) is 0 Å². The molecule has 0 spiro atoms. The fourth-order valence-electron chi connectivity index (χ4n) is 0.0727. The number of hydrogen-bond donors (Lipinski definition) is 0. The summed E-state index contributed by atoms with van der Waals surface area (Å²) in [6.45, 7) is 0. The molecule has 0 fully saturated rings. The fourth-order valence-corrected chi connectivity index (χ4v) is 0.655. The maximum absolute atomic E-state index is 10.2. The van der Waals surface area contributed by atoms with Gasteiger partial charge >= 0.3 is 0 Å². The van der Waals surface area contributed by atoms with Gasteiger partial charge in [0, 0.05) is 0 Å². The van der Waals surface area contributed by atoms with Crippen LogP contribution in [0.25, 0.3) is 0 Å². The molecular formula is C2H4Cl2O3S. The lowest BCUT2D eigenvalue weighted by Crippen LogP contribution is -2.09. The molecule has 0 rings (SSSR count). The van der Waals surface area contributed by atoms with Crippen LogP contribution in [-0.2, 0) is 14.3 Å². The van der Waals surface area contributed by atoms with Crippen LogP contribution >= 0.6 is 23.2 Å². The third-order valence-corrected chi connectivity index (χ3v) is 2.66. The molecule has 0 aliphatic heterocycles. The van der Waals surface area contributed by atoms with Crippen molar-refractivity contribution < 1.29 is 12.6 Å². The fraction of sp³-hybridized carbons (Fsp3) is 1.00. The van der Waals surface area contributed by atoms with Crippen LogP contribution in [0.2, 0.25) is 0 Å². The summed E-state index contributed by atoms with van der Waals surface area (Å²) in [6, 6.07) is 0. The molecule has 0 unspecified atom stereocenters. The highest BCUT2D eigenvalue weighted by atomic mass is 35.5. The van der Waals surface area contributed by atoms with Crippen molar-refractivity contribution in [3.8, 4) is 0 Å². The van der Waals surface area contributed by atoms with Gasteiger partial charge in [0.25, 0.3) is 10.1 Å². The van der Waals surface area contributed by atoms with E-state index in [2.05, 4.69) is 4.18 Å². The highest BCUT2D eigenvalue weighted by Gasteiger charge is 2.18. The number of rotatable bonds is 2. The van der Waals surface area contributed by atoms with E-state index in [4.69, 9.17) is 23.2 Å². The second kappa shape index (κ2) is 2.87. The lowest BCUT2D eigenvalue weighted by Gasteiger charge is -1.97. The smallest absolute Gasteiger partial charge is 0.271 e. The number of halogens is 2. The van der Waals surface area contributed by atoms with Crippen molar-refractivity contribution in [1.82, 2.24) is 0 Å². The Morgan fingerprint density at radius 3 is 1.88 bits per heavy atom. The second-order valence-electron chi connectivity index (χ2n) is 0.920. The average Bonchev–Trinajstić information content (AvgIpc) is 1.67. The zero-order chi connectivity index (χ0) is 6.78. The van der Waals surface area contributed by atoms with Gasteiger partial charge in [-0.2, -0.15) is 8.42 Å². The van der Waals surface area contributed by atoms with Gasteiger partial charge in [-0.1, -0.05) is 23.2 Å². The molecule has 0 aromatic rings. The Morgan fingerprint density at radius 2 is 1.88 bits per heavy atom. The minimum absolute atomic E-state index is 0.993. The quantitative estimate of drug-likeness (QED) is 0.463. The van der Waals surface area contributed by atoms with Crippen molar-refractivity contribution in [2.75, 3.05) is 7.11 Å². The normalized spacial score (nSPS) is 12.5. The van der Waals surface area contributed by atoms with E-state index in [1.165, 1.54) is 0 Å². The molecule has 0 amide bonds. The Morgan fingerprint density at radius 1 is 1.50 bits per heavy atom. The summed E-state index contributed by atoms with van der Waals surface area (Å²) >= 11 is 9.84.